The summed E-state index contributed by atoms with van der Waals surface area (Å²) >= 11 is 0. The normalized spacial score (nSPS) is 24.5. The van der Waals surface area contributed by atoms with Crippen LogP contribution in [0.4, 0.5) is 10.5 Å². The topological polar surface area (TPSA) is 38.8 Å². The second-order valence-corrected chi connectivity index (χ2v) is 10.2. The Hall–Kier alpha value is -3.37. The number of nitrogens with zero attached hydrogens (tertiary/aromatic N) is 1. The molecule has 3 aromatic rings. The predicted molar refractivity (Wildman–Crippen MR) is 135 cm³/mol. The summed E-state index contributed by atoms with van der Waals surface area (Å²) in [5.74, 6) is 0. The smallest absolute Gasteiger partial charge is 0.417 e. The SMILES string of the molecule is C=CC[C@@]12c3ccccc3N(C(=O)OC(C)(C)C)[C@]1(C)OC2(c1ccccc1)c1ccccc1. The molecule has 34 heavy (non-hydrogen) atoms. The minimum absolute atomic E-state index is 0.414. The number of hydrogen-bond donors (Lipinski definition) is 0. The molecule has 0 radical (unpaired) electrons. The van der Waals surface area contributed by atoms with Crippen molar-refractivity contribution in [1.82, 2.24) is 0 Å². The van der Waals surface area contributed by atoms with Gasteiger partial charge in [-0.25, -0.2) is 9.69 Å². The molecule has 1 saturated heterocycles. The minimum atomic E-state index is -0.973. The Kier molecular flexibility index (Phi) is 4.99. The van der Waals surface area contributed by atoms with E-state index in [1.807, 2.05) is 88.4 Å². The van der Waals surface area contributed by atoms with Gasteiger partial charge in [0.1, 0.15) is 11.2 Å². The molecule has 4 heteroatoms. The molecular formula is C30H31NO3. The number of hydrogen-bond acceptors (Lipinski definition) is 3. The van der Waals surface area contributed by atoms with E-state index in [0.717, 1.165) is 22.4 Å². The maximum Gasteiger partial charge on any atom is 0.417 e. The highest BCUT2D eigenvalue weighted by atomic mass is 16.6. The summed E-state index contributed by atoms with van der Waals surface area (Å²) in [7, 11) is 0. The average molecular weight is 454 g/mol. The second-order valence-electron chi connectivity index (χ2n) is 10.2. The van der Waals surface area contributed by atoms with Crippen LogP contribution >= 0.6 is 0 Å². The third kappa shape index (κ3) is 2.78. The Labute approximate surface area is 201 Å². The lowest BCUT2D eigenvalue weighted by atomic mass is 9.51. The highest BCUT2D eigenvalue weighted by Gasteiger charge is 2.81. The van der Waals surface area contributed by atoms with Crippen molar-refractivity contribution < 1.29 is 14.3 Å². The zero-order valence-electron chi connectivity index (χ0n) is 20.2. The minimum Gasteiger partial charge on any atom is -0.443 e. The third-order valence-electron chi connectivity index (χ3n) is 7.16. The van der Waals surface area contributed by atoms with Gasteiger partial charge in [0.05, 0.1) is 11.1 Å². The second kappa shape index (κ2) is 7.57. The van der Waals surface area contributed by atoms with E-state index in [4.69, 9.17) is 9.47 Å². The van der Waals surface area contributed by atoms with Gasteiger partial charge >= 0.3 is 6.09 Å². The molecule has 2 aliphatic heterocycles. The summed E-state index contributed by atoms with van der Waals surface area (Å²) in [6, 6.07) is 28.7. The predicted octanol–water partition coefficient (Wildman–Crippen LogP) is 6.95. The van der Waals surface area contributed by atoms with Crippen LogP contribution in [0.25, 0.3) is 0 Å². The fourth-order valence-corrected chi connectivity index (χ4v) is 6.05. The lowest BCUT2D eigenvalue weighted by Gasteiger charge is -2.68. The molecule has 2 atom stereocenters. The van der Waals surface area contributed by atoms with Crippen molar-refractivity contribution in [2.24, 2.45) is 0 Å². The molecule has 5 rings (SSSR count). The van der Waals surface area contributed by atoms with Gasteiger partial charge in [-0.05, 0) is 56.9 Å². The molecule has 0 aromatic heterocycles. The van der Waals surface area contributed by atoms with Crippen molar-refractivity contribution >= 4 is 11.8 Å². The fraction of sp³-hybridized carbons (Fsp3) is 0.300. The van der Waals surface area contributed by atoms with Gasteiger partial charge in [-0.2, -0.15) is 0 Å². The Bertz CT molecular complexity index is 1190. The quantitative estimate of drug-likeness (QED) is 0.401. The van der Waals surface area contributed by atoms with Gasteiger partial charge in [-0.3, -0.25) is 0 Å². The summed E-state index contributed by atoms with van der Waals surface area (Å²) in [6.07, 6.45) is 2.14. The maximum atomic E-state index is 13.6. The van der Waals surface area contributed by atoms with Crippen molar-refractivity contribution in [3.63, 3.8) is 0 Å². The lowest BCUT2D eigenvalue weighted by molar-refractivity contribution is -0.316. The zero-order chi connectivity index (χ0) is 24.2. The van der Waals surface area contributed by atoms with Crippen LogP contribution in [-0.4, -0.2) is 17.4 Å². The van der Waals surface area contributed by atoms with Gasteiger partial charge in [0.2, 0.25) is 0 Å². The van der Waals surface area contributed by atoms with Gasteiger partial charge in [0.15, 0.2) is 5.72 Å². The molecule has 4 nitrogen and oxygen atoms in total. The van der Waals surface area contributed by atoms with Crippen LogP contribution in [0.15, 0.2) is 97.6 Å². The lowest BCUT2D eigenvalue weighted by Crippen LogP contribution is -2.79. The van der Waals surface area contributed by atoms with E-state index in [-0.39, 0.29) is 0 Å². The van der Waals surface area contributed by atoms with Crippen LogP contribution in [0.5, 0.6) is 0 Å². The van der Waals surface area contributed by atoms with E-state index in [1.165, 1.54) is 0 Å². The first-order valence-corrected chi connectivity index (χ1v) is 11.8. The Morgan fingerprint density at radius 2 is 1.47 bits per heavy atom. The summed E-state index contributed by atoms with van der Waals surface area (Å²) < 4.78 is 13.0. The van der Waals surface area contributed by atoms with Gasteiger partial charge in [0, 0.05) is 0 Å². The van der Waals surface area contributed by atoms with Gasteiger partial charge in [0.25, 0.3) is 0 Å². The van der Waals surface area contributed by atoms with Crippen molar-refractivity contribution in [3.05, 3.63) is 114 Å². The first-order valence-electron chi connectivity index (χ1n) is 11.8. The van der Waals surface area contributed by atoms with E-state index in [0.29, 0.717) is 6.42 Å². The molecule has 1 fully saturated rings. The van der Waals surface area contributed by atoms with Crippen molar-refractivity contribution in [3.8, 4) is 0 Å². The molecule has 0 unspecified atom stereocenters. The number of carbonyl (C=O) groups excluding carboxylic acids is 1. The monoisotopic (exact) mass is 453 g/mol. The summed E-state index contributed by atoms with van der Waals surface area (Å²) in [5, 5.41) is 0. The average Bonchev–Trinajstić information content (AvgIpc) is 2.98. The van der Waals surface area contributed by atoms with E-state index >= 15 is 0 Å². The summed E-state index contributed by atoms with van der Waals surface area (Å²) in [5.41, 5.74) is 0.924. The molecule has 3 aromatic carbocycles. The molecule has 0 N–H and O–H groups in total. The van der Waals surface area contributed by atoms with Gasteiger partial charge < -0.3 is 9.47 Å². The molecule has 0 bridgehead atoms. The molecule has 174 valence electrons. The number of fused-ring (bicyclic) bond motifs is 3. The number of ether oxygens (including phenoxy) is 2. The number of benzene rings is 3. The van der Waals surface area contributed by atoms with Gasteiger partial charge in [-0.15, -0.1) is 6.58 Å². The van der Waals surface area contributed by atoms with Crippen molar-refractivity contribution in [2.75, 3.05) is 4.90 Å². The highest BCUT2D eigenvalue weighted by Crippen LogP contribution is 2.73. The van der Waals surface area contributed by atoms with E-state index in [9.17, 15) is 4.79 Å². The highest BCUT2D eigenvalue weighted by molar-refractivity contribution is 5.95. The number of allylic oxidation sites excluding steroid dienone is 1. The number of rotatable bonds is 4. The Balaban J connectivity index is 1.82. The maximum absolute atomic E-state index is 13.6. The van der Waals surface area contributed by atoms with Crippen LogP contribution in [0.1, 0.15) is 50.8 Å². The number of carbonyl (C=O) groups is 1. The van der Waals surface area contributed by atoms with Crippen LogP contribution in [0, 0.1) is 0 Å². The first kappa shape index (κ1) is 22.4. The largest absolute Gasteiger partial charge is 0.443 e. The van der Waals surface area contributed by atoms with Crippen LogP contribution < -0.4 is 4.90 Å². The number of amides is 1. The molecule has 0 spiro atoms. The standard InChI is InChI=1S/C30H31NO3/c1-6-21-29-24-19-13-14-20-25(24)31(26(32)33-27(2,3)4)28(29,5)34-30(29,22-15-9-7-10-16-22)23-17-11-8-12-18-23/h6-20H,1,21H2,2-5H3/t28-,29-/m1/s1. The number of anilines is 1. The van der Waals surface area contributed by atoms with Crippen LogP contribution in [0.3, 0.4) is 0 Å². The van der Waals surface area contributed by atoms with Crippen LogP contribution in [-0.2, 0) is 20.5 Å². The fourth-order valence-electron chi connectivity index (χ4n) is 6.05. The third-order valence-corrected chi connectivity index (χ3v) is 7.16. The van der Waals surface area contributed by atoms with E-state index < -0.39 is 28.4 Å². The Morgan fingerprint density at radius 1 is 0.941 bits per heavy atom. The van der Waals surface area contributed by atoms with Crippen LogP contribution in [0.2, 0.25) is 0 Å². The van der Waals surface area contributed by atoms with E-state index in [1.54, 1.807) is 4.90 Å². The molecule has 2 heterocycles. The molecule has 2 aliphatic rings. The van der Waals surface area contributed by atoms with Crippen molar-refractivity contribution in [2.45, 2.75) is 56.5 Å². The molecular weight excluding hydrogens is 422 g/mol. The molecule has 1 amide bonds. The zero-order valence-corrected chi connectivity index (χ0v) is 20.2. The summed E-state index contributed by atoms with van der Waals surface area (Å²) in [4.78, 5) is 15.4. The first-order chi connectivity index (χ1) is 16.2. The van der Waals surface area contributed by atoms with E-state index in [2.05, 4.69) is 36.9 Å². The molecule has 0 aliphatic carbocycles. The molecule has 0 saturated carbocycles. The Morgan fingerprint density at radius 3 is 2.00 bits per heavy atom. The number of para-hydroxylation sites is 1. The van der Waals surface area contributed by atoms with Crippen molar-refractivity contribution in [1.29, 1.82) is 0 Å². The summed E-state index contributed by atoms with van der Waals surface area (Å²) in [6.45, 7) is 11.8. The van der Waals surface area contributed by atoms with Gasteiger partial charge in [-0.1, -0.05) is 84.9 Å².